The van der Waals surface area contributed by atoms with E-state index in [0.29, 0.717) is 22.5 Å². The number of nitrogens with one attached hydrogen (secondary N) is 2. The molecule has 2 amide bonds. The van der Waals surface area contributed by atoms with Crippen molar-refractivity contribution in [1.82, 2.24) is 15.8 Å². The van der Waals surface area contributed by atoms with Crippen LogP contribution in [0.3, 0.4) is 0 Å². The number of rotatable bonds is 6. The number of benzene rings is 2. The highest BCUT2D eigenvalue weighted by Crippen LogP contribution is 2.16. The minimum atomic E-state index is -0.363. The molecule has 26 heavy (non-hydrogen) atoms. The first kappa shape index (κ1) is 20.1. The summed E-state index contributed by atoms with van der Waals surface area (Å²) >= 11 is 3.31. The second kappa shape index (κ2) is 9.50. The van der Waals surface area contributed by atoms with Crippen LogP contribution < -0.4 is 10.9 Å². The lowest BCUT2D eigenvalue weighted by atomic mass is 10.0. The summed E-state index contributed by atoms with van der Waals surface area (Å²) < 4.78 is 0.675. The van der Waals surface area contributed by atoms with E-state index in [1.54, 1.807) is 18.2 Å². The number of hydrazine groups is 1. The first-order valence-corrected chi connectivity index (χ1v) is 9.27. The quantitative estimate of drug-likeness (QED) is 0.707. The average molecular weight is 418 g/mol. The number of nitrogens with zero attached hydrogens (tertiary/aromatic N) is 1. The zero-order chi connectivity index (χ0) is 19.1. The van der Waals surface area contributed by atoms with Crippen LogP contribution in [0, 0.1) is 0 Å². The molecule has 0 aliphatic carbocycles. The Hall–Kier alpha value is -2.18. The van der Waals surface area contributed by atoms with Gasteiger partial charge in [0.1, 0.15) is 0 Å². The molecule has 0 saturated carbocycles. The van der Waals surface area contributed by atoms with E-state index >= 15 is 0 Å². The van der Waals surface area contributed by atoms with E-state index in [2.05, 4.69) is 64.9 Å². The molecular formula is C20H24BrN3O2. The van der Waals surface area contributed by atoms with Crippen LogP contribution in [-0.4, -0.2) is 30.3 Å². The summed E-state index contributed by atoms with van der Waals surface area (Å²) in [6.45, 7) is 5.16. The summed E-state index contributed by atoms with van der Waals surface area (Å²) in [5.74, 6) is -0.134. The van der Waals surface area contributed by atoms with Crippen LogP contribution in [0.5, 0.6) is 0 Å². The lowest BCUT2D eigenvalue weighted by molar-refractivity contribution is -0.122. The molecule has 138 valence electrons. The zero-order valence-electron chi connectivity index (χ0n) is 15.3. The first-order chi connectivity index (χ1) is 12.4. The van der Waals surface area contributed by atoms with Crippen LogP contribution in [0.15, 0.2) is 53.0 Å². The first-order valence-electron chi connectivity index (χ1n) is 8.48. The van der Waals surface area contributed by atoms with Crippen LogP contribution in [0.1, 0.15) is 41.3 Å². The van der Waals surface area contributed by atoms with Gasteiger partial charge in [0.05, 0.1) is 12.1 Å². The molecule has 0 fully saturated rings. The van der Waals surface area contributed by atoms with Gasteiger partial charge in [-0.1, -0.05) is 50.2 Å². The van der Waals surface area contributed by atoms with Crippen LogP contribution in [0.4, 0.5) is 0 Å². The second-order valence-electron chi connectivity index (χ2n) is 6.55. The smallest absolute Gasteiger partial charge is 0.270 e. The van der Waals surface area contributed by atoms with Crippen LogP contribution in [0.25, 0.3) is 0 Å². The maximum Gasteiger partial charge on any atom is 0.270 e. The highest BCUT2D eigenvalue weighted by molar-refractivity contribution is 9.10. The molecule has 0 aliphatic rings. The lowest BCUT2D eigenvalue weighted by Crippen LogP contribution is -2.45. The number of halogens is 1. The third-order valence-electron chi connectivity index (χ3n) is 3.95. The van der Waals surface area contributed by atoms with Gasteiger partial charge in [-0.05, 0) is 52.2 Å². The standard InChI is InChI=1S/C20H24BrN3O2/c1-14(2)16-10-8-15(9-11-16)12-24(3)13-19(25)22-23-20(26)17-6-4-5-7-18(17)21/h4-11,14H,12-13H2,1-3H3,(H,22,25)(H,23,26). The Bertz CT molecular complexity index is 760. The Morgan fingerprint density at radius 2 is 1.69 bits per heavy atom. The van der Waals surface area contributed by atoms with Gasteiger partial charge in [-0.15, -0.1) is 0 Å². The molecule has 0 unspecified atom stereocenters. The topological polar surface area (TPSA) is 61.4 Å². The fraction of sp³-hybridized carbons (Fsp3) is 0.300. The fourth-order valence-corrected chi connectivity index (χ4v) is 2.96. The van der Waals surface area contributed by atoms with Crippen LogP contribution >= 0.6 is 15.9 Å². The van der Waals surface area contributed by atoms with Crippen molar-refractivity contribution in [1.29, 1.82) is 0 Å². The van der Waals surface area contributed by atoms with Crippen molar-refractivity contribution in [2.24, 2.45) is 0 Å². The third kappa shape index (κ3) is 5.97. The molecule has 2 aromatic carbocycles. The Labute approximate surface area is 162 Å². The number of carbonyl (C=O) groups excluding carboxylic acids is 2. The van der Waals surface area contributed by atoms with Crippen molar-refractivity contribution in [3.05, 3.63) is 69.7 Å². The van der Waals surface area contributed by atoms with Gasteiger partial charge in [0.25, 0.3) is 11.8 Å². The molecule has 2 rings (SSSR count). The average Bonchev–Trinajstić information content (AvgIpc) is 2.60. The molecule has 0 aromatic heterocycles. The van der Waals surface area contributed by atoms with Gasteiger partial charge >= 0.3 is 0 Å². The molecule has 0 spiro atoms. The summed E-state index contributed by atoms with van der Waals surface area (Å²) in [7, 11) is 1.87. The molecule has 6 heteroatoms. The minimum absolute atomic E-state index is 0.183. The second-order valence-corrected chi connectivity index (χ2v) is 7.41. The molecule has 0 aliphatic heterocycles. The highest BCUT2D eigenvalue weighted by Gasteiger charge is 2.12. The number of hydrogen-bond donors (Lipinski definition) is 2. The molecule has 0 heterocycles. The lowest BCUT2D eigenvalue weighted by Gasteiger charge is -2.17. The molecule has 5 nitrogen and oxygen atoms in total. The van der Waals surface area contributed by atoms with Gasteiger partial charge in [-0.2, -0.15) is 0 Å². The predicted molar refractivity (Wildman–Crippen MR) is 107 cm³/mol. The van der Waals surface area contributed by atoms with E-state index in [0.717, 1.165) is 5.56 Å². The summed E-state index contributed by atoms with van der Waals surface area (Å²) in [4.78, 5) is 26.0. The highest BCUT2D eigenvalue weighted by atomic mass is 79.9. The monoisotopic (exact) mass is 417 g/mol. The number of amides is 2. The van der Waals surface area contributed by atoms with E-state index < -0.39 is 0 Å². The van der Waals surface area contributed by atoms with E-state index in [1.807, 2.05) is 18.0 Å². The zero-order valence-corrected chi connectivity index (χ0v) is 16.8. The Kier molecular flexibility index (Phi) is 7.36. The van der Waals surface area contributed by atoms with E-state index in [1.165, 1.54) is 5.56 Å². The molecule has 0 atom stereocenters. The van der Waals surface area contributed by atoms with Gasteiger partial charge in [-0.25, -0.2) is 0 Å². The summed E-state index contributed by atoms with van der Waals surface area (Å²) in [5, 5.41) is 0. The van der Waals surface area contributed by atoms with Crippen molar-refractivity contribution in [2.75, 3.05) is 13.6 Å². The number of likely N-dealkylation sites (N-methyl/N-ethyl adjacent to an activating group) is 1. The largest absolute Gasteiger partial charge is 0.293 e. The fourth-order valence-electron chi connectivity index (χ4n) is 2.50. The maximum absolute atomic E-state index is 12.1. The Balaban J connectivity index is 1.80. The van der Waals surface area contributed by atoms with Gasteiger partial charge in [0.2, 0.25) is 0 Å². The van der Waals surface area contributed by atoms with Crippen molar-refractivity contribution in [3.8, 4) is 0 Å². The third-order valence-corrected chi connectivity index (χ3v) is 4.64. The molecular weight excluding hydrogens is 394 g/mol. The van der Waals surface area contributed by atoms with Crippen molar-refractivity contribution in [3.63, 3.8) is 0 Å². The summed E-state index contributed by atoms with van der Waals surface area (Å²) in [5.41, 5.74) is 7.78. The number of carbonyl (C=O) groups is 2. The van der Waals surface area contributed by atoms with Gasteiger partial charge < -0.3 is 0 Å². The summed E-state index contributed by atoms with van der Waals surface area (Å²) in [6.07, 6.45) is 0. The van der Waals surface area contributed by atoms with E-state index in [9.17, 15) is 9.59 Å². The molecule has 0 bridgehead atoms. The van der Waals surface area contributed by atoms with Crippen molar-refractivity contribution >= 4 is 27.7 Å². The Morgan fingerprint density at radius 3 is 2.31 bits per heavy atom. The van der Waals surface area contributed by atoms with Crippen LogP contribution in [-0.2, 0) is 11.3 Å². The Morgan fingerprint density at radius 1 is 1.04 bits per heavy atom. The normalized spacial score (nSPS) is 10.8. The number of hydrogen-bond acceptors (Lipinski definition) is 3. The van der Waals surface area contributed by atoms with E-state index in [4.69, 9.17) is 0 Å². The molecule has 2 aromatic rings. The van der Waals surface area contributed by atoms with Crippen molar-refractivity contribution in [2.45, 2.75) is 26.3 Å². The van der Waals surface area contributed by atoms with Gasteiger partial charge in [-0.3, -0.25) is 25.3 Å². The van der Waals surface area contributed by atoms with E-state index in [-0.39, 0.29) is 18.4 Å². The van der Waals surface area contributed by atoms with Gasteiger partial charge in [0, 0.05) is 11.0 Å². The predicted octanol–water partition coefficient (Wildman–Crippen LogP) is 3.47. The SMILES string of the molecule is CC(C)c1ccc(CN(C)CC(=O)NNC(=O)c2ccccc2Br)cc1. The van der Waals surface area contributed by atoms with Crippen LogP contribution in [0.2, 0.25) is 0 Å². The maximum atomic E-state index is 12.1. The van der Waals surface area contributed by atoms with Crippen molar-refractivity contribution < 1.29 is 9.59 Å². The summed E-state index contributed by atoms with van der Waals surface area (Å²) in [6, 6.07) is 15.4. The molecule has 0 saturated heterocycles. The van der Waals surface area contributed by atoms with Gasteiger partial charge in [0.15, 0.2) is 0 Å². The molecule has 0 radical (unpaired) electrons. The molecule has 2 N–H and O–H groups in total. The minimum Gasteiger partial charge on any atom is -0.293 e.